The first-order chi connectivity index (χ1) is 11.5. The Morgan fingerprint density at radius 2 is 1.96 bits per heavy atom. The number of aromatic nitrogens is 2. The van der Waals surface area contributed by atoms with E-state index >= 15 is 0 Å². The molecule has 0 aliphatic rings. The number of hydrogen-bond acceptors (Lipinski definition) is 4. The third kappa shape index (κ3) is 4.75. The van der Waals surface area contributed by atoms with Crippen LogP contribution in [0.1, 0.15) is 43.9 Å². The number of carbonyl (C=O) groups excluding carboxylic acids is 1. The van der Waals surface area contributed by atoms with Crippen molar-refractivity contribution in [3.8, 4) is 11.5 Å². The van der Waals surface area contributed by atoms with Crippen molar-refractivity contribution < 1.29 is 14.3 Å². The lowest BCUT2D eigenvalue weighted by atomic mass is 10.1. The summed E-state index contributed by atoms with van der Waals surface area (Å²) in [7, 11) is 0. The molecule has 6 heteroatoms. The van der Waals surface area contributed by atoms with E-state index in [1.54, 1.807) is 18.2 Å². The predicted molar refractivity (Wildman–Crippen MR) is 93.9 cm³/mol. The Labute approximate surface area is 142 Å². The summed E-state index contributed by atoms with van der Waals surface area (Å²) < 4.78 is 11.1. The van der Waals surface area contributed by atoms with Crippen LogP contribution in [-0.2, 0) is 6.42 Å². The maximum Gasteiger partial charge on any atom is 0.276 e. The van der Waals surface area contributed by atoms with Gasteiger partial charge in [-0.25, -0.2) is 0 Å². The highest BCUT2D eigenvalue weighted by Crippen LogP contribution is 2.29. The number of nitrogens with zero attached hydrogens (tertiary/aromatic N) is 1. The highest BCUT2D eigenvalue weighted by atomic mass is 16.5. The summed E-state index contributed by atoms with van der Waals surface area (Å²) in [6, 6.07) is 7.15. The third-order valence-corrected chi connectivity index (χ3v) is 3.30. The quantitative estimate of drug-likeness (QED) is 0.774. The molecule has 1 aromatic heterocycles. The molecule has 0 atom stereocenters. The monoisotopic (exact) mass is 331 g/mol. The molecule has 2 N–H and O–H groups in total. The Morgan fingerprint density at radius 3 is 2.62 bits per heavy atom. The number of benzene rings is 1. The van der Waals surface area contributed by atoms with Gasteiger partial charge < -0.3 is 14.8 Å². The second-order valence-corrected chi connectivity index (χ2v) is 5.85. The number of anilines is 1. The summed E-state index contributed by atoms with van der Waals surface area (Å²) in [6.45, 7) is 9.11. The summed E-state index contributed by atoms with van der Waals surface area (Å²) in [5.74, 6) is 1.50. The average Bonchev–Trinajstić information content (AvgIpc) is 2.98. The summed E-state index contributed by atoms with van der Waals surface area (Å²) in [6.07, 6.45) is 0.851. The maximum absolute atomic E-state index is 12.4. The fraction of sp³-hybridized carbons (Fsp3) is 0.444. The average molecular weight is 331 g/mol. The summed E-state index contributed by atoms with van der Waals surface area (Å²) in [4.78, 5) is 12.4. The fourth-order valence-electron chi connectivity index (χ4n) is 2.35. The van der Waals surface area contributed by atoms with E-state index in [4.69, 9.17) is 9.47 Å². The Hall–Kier alpha value is -2.50. The molecule has 2 rings (SSSR count). The van der Waals surface area contributed by atoms with Crippen LogP contribution in [0, 0.1) is 5.92 Å². The number of H-pyrrole nitrogens is 1. The van der Waals surface area contributed by atoms with Crippen LogP contribution in [0.3, 0.4) is 0 Å². The Balaban J connectivity index is 2.17. The van der Waals surface area contributed by atoms with Crippen molar-refractivity contribution in [1.82, 2.24) is 10.2 Å². The van der Waals surface area contributed by atoms with Gasteiger partial charge in [0.1, 0.15) is 11.5 Å². The van der Waals surface area contributed by atoms with E-state index in [1.165, 1.54) is 0 Å². The van der Waals surface area contributed by atoms with E-state index in [9.17, 15) is 4.79 Å². The molecule has 0 spiro atoms. The zero-order chi connectivity index (χ0) is 17.5. The molecule has 1 amide bonds. The van der Waals surface area contributed by atoms with E-state index in [1.807, 2.05) is 19.9 Å². The Morgan fingerprint density at radius 1 is 1.21 bits per heavy atom. The van der Waals surface area contributed by atoms with Crippen LogP contribution in [0.15, 0.2) is 24.3 Å². The van der Waals surface area contributed by atoms with Gasteiger partial charge in [-0.15, -0.1) is 0 Å². The van der Waals surface area contributed by atoms with Crippen LogP contribution < -0.4 is 14.8 Å². The number of ether oxygens (including phenoxy) is 2. The lowest BCUT2D eigenvalue weighted by Gasteiger charge is -2.13. The van der Waals surface area contributed by atoms with Crippen LogP contribution in [0.5, 0.6) is 11.5 Å². The third-order valence-electron chi connectivity index (χ3n) is 3.30. The van der Waals surface area contributed by atoms with Crippen molar-refractivity contribution in [2.75, 3.05) is 18.5 Å². The van der Waals surface area contributed by atoms with E-state index < -0.39 is 0 Å². The van der Waals surface area contributed by atoms with Gasteiger partial charge in [0.2, 0.25) is 0 Å². The molecule has 6 nitrogen and oxygen atoms in total. The number of carbonyl (C=O) groups is 1. The Bertz CT molecular complexity index is 680. The molecule has 0 bridgehead atoms. The highest BCUT2D eigenvalue weighted by molar-refractivity contribution is 6.03. The van der Waals surface area contributed by atoms with Gasteiger partial charge in [0.25, 0.3) is 5.91 Å². The van der Waals surface area contributed by atoms with Gasteiger partial charge in [-0.1, -0.05) is 13.8 Å². The highest BCUT2D eigenvalue weighted by Gasteiger charge is 2.14. The van der Waals surface area contributed by atoms with Gasteiger partial charge in [0.05, 0.1) is 18.9 Å². The zero-order valence-electron chi connectivity index (χ0n) is 14.7. The molecule has 0 radical (unpaired) electrons. The molecule has 0 aliphatic heterocycles. The van der Waals surface area contributed by atoms with Crippen LogP contribution in [0.2, 0.25) is 0 Å². The molecule has 0 saturated carbocycles. The summed E-state index contributed by atoms with van der Waals surface area (Å²) in [5, 5.41) is 9.85. The molecule has 130 valence electrons. The molecule has 0 saturated heterocycles. The number of aromatic amines is 1. The first kappa shape index (κ1) is 17.8. The minimum atomic E-state index is -0.282. The van der Waals surface area contributed by atoms with Gasteiger partial charge in [-0.3, -0.25) is 9.89 Å². The van der Waals surface area contributed by atoms with E-state index in [0.717, 1.165) is 12.1 Å². The molecule has 0 fully saturated rings. The summed E-state index contributed by atoms with van der Waals surface area (Å²) >= 11 is 0. The molecular weight excluding hydrogens is 306 g/mol. The minimum Gasteiger partial charge on any atom is -0.494 e. The first-order valence-electron chi connectivity index (χ1n) is 8.28. The summed E-state index contributed by atoms with van der Waals surface area (Å²) in [5.41, 5.74) is 1.87. The van der Waals surface area contributed by atoms with E-state index in [0.29, 0.717) is 42.0 Å². The van der Waals surface area contributed by atoms with E-state index in [2.05, 4.69) is 29.4 Å². The second-order valence-electron chi connectivity index (χ2n) is 5.85. The molecule has 2 aromatic rings. The number of rotatable bonds is 8. The smallest absolute Gasteiger partial charge is 0.276 e. The standard InChI is InChI=1S/C18H25N3O3/c1-5-23-14-7-8-17(24-6-2)15(11-14)19-18(22)16-10-13(20-21-16)9-12(3)4/h7-8,10-12H,5-6,9H2,1-4H3,(H,19,22)(H,20,21). The van der Waals surface area contributed by atoms with Crippen LogP contribution in [-0.4, -0.2) is 29.3 Å². The maximum atomic E-state index is 12.4. The van der Waals surface area contributed by atoms with Crippen LogP contribution in [0.4, 0.5) is 5.69 Å². The molecule has 0 aliphatic carbocycles. The fourth-order valence-corrected chi connectivity index (χ4v) is 2.35. The SMILES string of the molecule is CCOc1ccc(OCC)c(NC(=O)c2cc(CC(C)C)[nH]n2)c1. The number of nitrogens with one attached hydrogen (secondary N) is 2. The van der Waals surface area contributed by atoms with Gasteiger partial charge in [-0.2, -0.15) is 5.10 Å². The van der Waals surface area contributed by atoms with Gasteiger partial charge in [0.15, 0.2) is 5.69 Å². The van der Waals surface area contributed by atoms with Crippen LogP contribution >= 0.6 is 0 Å². The number of amides is 1. The van der Waals surface area contributed by atoms with E-state index in [-0.39, 0.29) is 5.91 Å². The molecular formula is C18H25N3O3. The Kier molecular flexibility index (Phi) is 6.23. The lowest BCUT2D eigenvalue weighted by Crippen LogP contribution is -2.13. The van der Waals surface area contributed by atoms with Crippen molar-refractivity contribution in [2.45, 2.75) is 34.1 Å². The normalized spacial score (nSPS) is 10.7. The van der Waals surface area contributed by atoms with Crippen molar-refractivity contribution in [3.63, 3.8) is 0 Å². The minimum absolute atomic E-state index is 0.282. The zero-order valence-corrected chi connectivity index (χ0v) is 14.7. The number of hydrogen-bond donors (Lipinski definition) is 2. The second kappa shape index (κ2) is 8.38. The van der Waals surface area contributed by atoms with Crippen molar-refractivity contribution in [1.29, 1.82) is 0 Å². The predicted octanol–water partition coefficient (Wildman–Crippen LogP) is 3.66. The van der Waals surface area contributed by atoms with Gasteiger partial charge in [0, 0.05) is 11.8 Å². The van der Waals surface area contributed by atoms with Crippen molar-refractivity contribution in [2.24, 2.45) is 5.92 Å². The van der Waals surface area contributed by atoms with Crippen molar-refractivity contribution in [3.05, 3.63) is 35.7 Å². The first-order valence-corrected chi connectivity index (χ1v) is 8.28. The largest absolute Gasteiger partial charge is 0.494 e. The molecule has 0 unspecified atom stereocenters. The van der Waals surface area contributed by atoms with Gasteiger partial charge in [-0.05, 0) is 44.4 Å². The lowest BCUT2D eigenvalue weighted by molar-refractivity contribution is 0.102. The molecule has 24 heavy (non-hydrogen) atoms. The van der Waals surface area contributed by atoms with Crippen LogP contribution in [0.25, 0.3) is 0 Å². The molecule has 1 heterocycles. The molecule has 1 aromatic carbocycles. The van der Waals surface area contributed by atoms with Crippen molar-refractivity contribution >= 4 is 11.6 Å². The topological polar surface area (TPSA) is 76.2 Å². The van der Waals surface area contributed by atoms with Gasteiger partial charge >= 0.3 is 0 Å².